The van der Waals surface area contributed by atoms with E-state index in [1.165, 1.54) is 28.0 Å². The molecular weight excluding hydrogens is 382 g/mol. The van der Waals surface area contributed by atoms with Crippen molar-refractivity contribution in [2.75, 3.05) is 13.1 Å². The van der Waals surface area contributed by atoms with E-state index in [0.717, 1.165) is 0 Å². The first kappa shape index (κ1) is 19.4. The Balaban J connectivity index is 1.96. The second kappa shape index (κ2) is 7.73. The van der Waals surface area contributed by atoms with Gasteiger partial charge in [0.1, 0.15) is 17.1 Å². The highest BCUT2D eigenvalue weighted by Gasteiger charge is 2.38. The van der Waals surface area contributed by atoms with Crippen LogP contribution in [0.1, 0.15) is 19.6 Å². The fourth-order valence-corrected chi connectivity index (χ4v) is 3.31. The Morgan fingerprint density at radius 1 is 1.11 bits per heavy atom. The summed E-state index contributed by atoms with van der Waals surface area (Å²) in [4.78, 5) is 38.5. The lowest BCUT2D eigenvalue weighted by molar-refractivity contribution is -0.384. The molecule has 0 N–H and O–H groups in total. The number of non-ortho nitro benzene ring substituents is 1. The molecule has 0 spiro atoms. The van der Waals surface area contributed by atoms with Crippen LogP contribution in [0.4, 0.5) is 5.69 Å². The van der Waals surface area contributed by atoms with Gasteiger partial charge < -0.3 is 4.42 Å². The van der Waals surface area contributed by atoms with Crippen molar-refractivity contribution in [1.29, 1.82) is 0 Å². The first-order valence-electron chi connectivity index (χ1n) is 8.61. The molecule has 144 valence electrons. The average molecular weight is 399 g/mol. The molecule has 2 heterocycles. The van der Waals surface area contributed by atoms with Crippen LogP contribution >= 0.6 is 12.2 Å². The van der Waals surface area contributed by atoms with Crippen molar-refractivity contribution >= 4 is 40.9 Å². The molecule has 0 unspecified atom stereocenters. The molecule has 2 aromatic rings. The van der Waals surface area contributed by atoms with E-state index in [1.807, 2.05) is 0 Å². The third-order valence-electron chi connectivity index (χ3n) is 4.30. The van der Waals surface area contributed by atoms with Gasteiger partial charge in [-0.3, -0.25) is 29.5 Å². The fraction of sp³-hybridized carbons (Fsp3) is 0.211. The molecule has 1 aromatic heterocycles. The summed E-state index contributed by atoms with van der Waals surface area (Å²) < 4.78 is 5.70. The molecular formula is C19H17N3O5S. The lowest BCUT2D eigenvalue weighted by atomic mass is 10.1. The Kier molecular flexibility index (Phi) is 5.36. The molecule has 3 rings (SSSR count). The van der Waals surface area contributed by atoms with Gasteiger partial charge in [0, 0.05) is 30.8 Å². The number of nitro groups is 1. The molecule has 0 atom stereocenters. The summed E-state index contributed by atoms with van der Waals surface area (Å²) in [6.45, 7) is 4.24. The normalized spacial score (nSPS) is 14.6. The van der Waals surface area contributed by atoms with Crippen LogP contribution in [0.25, 0.3) is 17.4 Å². The van der Waals surface area contributed by atoms with Gasteiger partial charge in [-0.15, -0.1) is 0 Å². The number of amides is 2. The van der Waals surface area contributed by atoms with Crippen LogP contribution in [0.3, 0.4) is 0 Å². The van der Waals surface area contributed by atoms with Gasteiger partial charge in [0.15, 0.2) is 5.11 Å². The van der Waals surface area contributed by atoms with E-state index in [-0.39, 0.29) is 22.1 Å². The highest BCUT2D eigenvalue weighted by atomic mass is 32.1. The van der Waals surface area contributed by atoms with Crippen molar-refractivity contribution in [2.45, 2.75) is 13.8 Å². The predicted octanol–water partition coefficient (Wildman–Crippen LogP) is 3.23. The molecule has 1 aliphatic rings. The lowest BCUT2D eigenvalue weighted by Gasteiger charge is -2.35. The maximum Gasteiger partial charge on any atom is 0.270 e. The topological polar surface area (TPSA) is 96.9 Å². The van der Waals surface area contributed by atoms with Gasteiger partial charge in [0.2, 0.25) is 0 Å². The number of nitrogens with zero attached hydrogens (tertiary/aromatic N) is 3. The van der Waals surface area contributed by atoms with Crippen LogP contribution in [-0.2, 0) is 9.59 Å². The summed E-state index contributed by atoms with van der Waals surface area (Å²) in [5.74, 6) is -0.273. The molecule has 1 aliphatic heterocycles. The van der Waals surface area contributed by atoms with Crippen LogP contribution in [0, 0.1) is 10.1 Å². The van der Waals surface area contributed by atoms with Crippen LogP contribution in [0.15, 0.2) is 46.4 Å². The Morgan fingerprint density at radius 2 is 1.75 bits per heavy atom. The number of furan rings is 1. The monoisotopic (exact) mass is 399 g/mol. The van der Waals surface area contributed by atoms with E-state index in [4.69, 9.17) is 16.6 Å². The van der Waals surface area contributed by atoms with Gasteiger partial charge in [-0.2, -0.15) is 0 Å². The molecule has 0 radical (unpaired) electrons. The number of carbonyl (C=O) groups is 2. The van der Waals surface area contributed by atoms with E-state index in [9.17, 15) is 19.7 Å². The van der Waals surface area contributed by atoms with E-state index in [2.05, 4.69) is 0 Å². The Labute approximate surface area is 166 Å². The summed E-state index contributed by atoms with van der Waals surface area (Å²) in [5, 5.41) is 11.1. The van der Waals surface area contributed by atoms with Crippen molar-refractivity contribution in [3.05, 3.63) is 57.8 Å². The van der Waals surface area contributed by atoms with Crippen molar-refractivity contribution < 1.29 is 18.9 Å². The standard InChI is InChI=1S/C19H17N3O5S/c1-3-20-17(23)15(18(24)21(4-2)19(20)28)11-14-8-9-16(27-14)12-6-5-7-13(10-12)22(25)26/h5-11H,3-4H2,1-2H3. The number of hydrogen-bond donors (Lipinski definition) is 0. The smallest absolute Gasteiger partial charge is 0.270 e. The number of carbonyl (C=O) groups excluding carboxylic acids is 2. The predicted molar refractivity (Wildman–Crippen MR) is 106 cm³/mol. The van der Waals surface area contributed by atoms with Gasteiger partial charge in [-0.05, 0) is 44.3 Å². The summed E-state index contributed by atoms with van der Waals surface area (Å²) in [7, 11) is 0. The van der Waals surface area contributed by atoms with Crippen LogP contribution in [-0.4, -0.2) is 44.7 Å². The second-order valence-electron chi connectivity index (χ2n) is 5.95. The van der Waals surface area contributed by atoms with Crippen LogP contribution < -0.4 is 0 Å². The minimum atomic E-state index is -0.490. The lowest BCUT2D eigenvalue weighted by Crippen LogP contribution is -2.55. The number of rotatable bonds is 5. The zero-order valence-corrected chi connectivity index (χ0v) is 16.1. The average Bonchev–Trinajstić information content (AvgIpc) is 3.15. The number of thiocarbonyl (C=S) groups is 1. The second-order valence-corrected chi connectivity index (χ2v) is 6.31. The molecule has 8 nitrogen and oxygen atoms in total. The Hall–Kier alpha value is -3.33. The summed E-state index contributed by atoms with van der Waals surface area (Å²) >= 11 is 5.22. The fourth-order valence-electron chi connectivity index (χ4n) is 2.88. The molecule has 0 bridgehead atoms. The SMILES string of the molecule is CCN1C(=O)C(=Cc2ccc(-c3cccc([N+](=O)[O-])c3)o2)C(=O)N(CC)C1=S. The Morgan fingerprint density at radius 3 is 2.32 bits per heavy atom. The van der Waals surface area contributed by atoms with E-state index < -0.39 is 16.7 Å². The van der Waals surface area contributed by atoms with Gasteiger partial charge in [0.05, 0.1) is 4.92 Å². The highest BCUT2D eigenvalue weighted by molar-refractivity contribution is 7.80. The van der Waals surface area contributed by atoms with Crippen molar-refractivity contribution in [3.8, 4) is 11.3 Å². The minimum Gasteiger partial charge on any atom is -0.457 e. The van der Waals surface area contributed by atoms with Crippen LogP contribution in [0.5, 0.6) is 0 Å². The van der Waals surface area contributed by atoms with Gasteiger partial charge in [-0.25, -0.2) is 0 Å². The summed E-state index contributed by atoms with van der Waals surface area (Å²) in [6.07, 6.45) is 1.37. The quantitative estimate of drug-likeness (QED) is 0.252. The first-order valence-corrected chi connectivity index (χ1v) is 9.02. The van der Waals surface area contributed by atoms with Gasteiger partial charge >= 0.3 is 0 Å². The maximum absolute atomic E-state index is 12.6. The van der Waals surface area contributed by atoms with Gasteiger partial charge in [-0.1, -0.05) is 12.1 Å². The number of hydrogen-bond acceptors (Lipinski definition) is 6. The molecule has 2 amide bonds. The molecule has 0 aliphatic carbocycles. The molecule has 0 saturated carbocycles. The summed E-state index contributed by atoms with van der Waals surface area (Å²) in [5.41, 5.74) is 0.418. The van der Waals surface area contributed by atoms with E-state index in [0.29, 0.717) is 24.4 Å². The zero-order chi connectivity index (χ0) is 20.4. The summed E-state index contributed by atoms with van der Waals surface area (Å²) in [6, 6.07) is 9.24. The van der Waals surface area contributed by atoms with E-state index >= 15 is 0 Å². The Bertz CT molecular complexity index is 983. The molecule has 1 saturated heterocycles. The largest absolute Gasteiger partial charge is 0.457 e. The zero-order valence-electron chi connectivity index (χ0n) is 15.2. The van der Waals surface area contributed by atoms with Crippen LogP contribution in [0.2, 0.25) is 0 Å². The maximum atomic E-state index is 12.6. The van der Waals surface area contributed by atoms with Crippen molar-refractivity contribution in [1.82, 2.24) is 9.80 Å². The molecule has 28 heavy (non-hydrogen) atoms. The third kappa shape index (κ3) is 3.44. The first-order chi connectivity index (χ1) is 13.4. The van der Waals surface area contributed by atoms with Crippen molar-refractivity contribution in [2.24, 2.45) is 0 Å². The highest BCUT2D eigenvalue weighted by Crippen LogP contribution is 2.27. The number of benzene rings is 1. The number of likely N-dealkylation sites (N-methyl/N-ethyl adjacent to an activating group) is 2. The third-order valence-corrected chi connectivity index (χ3v) is 4.74. The van der Waals surface area contributed by atoms with Crippen molar-refractivity contribution in [3.63, 3.8) is 0 Å². The minimum absolute atomic E-state index is 0.0442. The molecule has 1 fully saturated rings. The molecule has 9 heteroatoms. The van der Waals surface area contributed by atoms with Gasteiger partial charge in [0.25, 0.3) is 17.5 Å². The van der Waals surface area contributed by atoms with E-state index in [1.54, 1.807) is 38.1 Å². The molecule has 1 aromatic carbocycles. The number of nitro benzene ring substituents is 1.